The monoisotopic (exact) mass is 259 g/mol. The van der Waals surface area contributed by atoms with Gasteiger partial charge in [-0.15, -0.1) is 5.10 Å². The average Bonchev–Trinajstić information content (AvgIpc) is 2.32. The van der Waals surface area contributed by atoms with E-state index in [9.17, 15) is 4.39 Å². The molecule has 0 saturated heterocycles. The van der Waals surface area contributed by atoms with Crippen LogP contribution in [-0.2, 0) is 0 Å². The van der Waals surface area contributed by atoms with Gasteiger partial charge in [-0.2, -0.15) is 5.10 Å². The fraction of sp³-hybridized carbons (Fsp3) is 0.333. The van der Waals surface area contributed by atoms with Crippen molar-refractivity contribution < 1.29 is 4.39 Å². The lowest BCUT2D eigenvalue weighted by atomic mass is 10.0. The predicted molar refractivity (Wildman–Crippen MR) is 74.7 cm³/mol. The van der Waals surface area contributed by atoms with Crippen LogP contribution in [0.3, 0.4) is 0 Å². The minimum Gasteiger partial charge on any atom is -0.362 e. The van der Waals surface area contributed by atoms with Crippen molar-refractivity contribution in [2.75, 3.05) is 5.32 Å². The van der Waals surface area contributed by atoms with E-state index in [0.717, 1.165) is 28.2 Å². The molecule has 0 unspecified atom stereocenters. The smallest absolute Gasteiger partial charge is 0.152 e. The van der Waals surface area contributed by atoms with Gasteiger partial charge in [-0.05, 0) is 62.6 Å². The van der Waals surface area contributed by atoms with Crippen molar-refractivity contribution in [3.05, 3.63) is 52.5 Å². The molecule has 0 spiro atoms. The molecule has 1 heterocycles. The molecule has 0 saturated carbocycles. The van der Waals surface area contributed by atoms with Crippen molar-refractivity contribution >= 4 is 5.82 Å². The number of nitrogens with zero attached hydrogens (tertiary/aromatic N) is 2. The van der Waals surface area contributed by atoms with Crippen LogP contribution < -0.4 is 5.32 Å². The average molecular weight is 259 g/mol. The van der Waals surface area contributed by atoms with Gasteiger partial charge in [-0.1, -0.05) is 6.07 Å². The number of aromatic nitrogens is 2. The Morgan fingerprint density at radius 2 is 1.79 bits per heavy atom. The number of benzene rings is 1. The molecule has 1 N–H and O–H groups in total. The van der Waals surface area contributed by atoms with E-state index in [1.54, 1.807) is 12.1 Å². The van der Waals surface area contributed by atoms with Gasteiger partial charge < -0.3 is 5.32 Å². The van der Waals surface area contributed by atoms with Gasteiger partial charge in [0.2, 0.25) is 0 Å². The zero-order valence-corrected chi connectivity index (χ0v) is 11.7. The first kappa shape index (κ1) is 13.5. The van der Waals surface area contributed by atoms with Crippen molar-refractivity contribution in [3.63, 3.8) is 0 Å². The molecule has 1 aromatic carbocycles. The number of nitrogens with one attached hydrogen (secondary N) is 1. The summed E-state index contributed by atoms with van der Waals surface area (Å²) >= 11 is 0. The molecule has 0 aliphatic heterocycles. The lowest BCUT2D eigenvalue weighted by molar-refractivity contribution is 0.624. The van der Waals surface area contributed by atoms with Gasteiger partial charge in [0.15, 0.2) is 5.82 Å². The molecule has 1 atom stereocenters. The number of hydrogen-bond donors (Lipinski definition) is 1. The Labute approximate surface area is 112 Å². The van der Waals surface area contributed by atoms with Crippen LogP contribution in [0.15, 0.2) is 24.3 Å². The maximum Gasteiger partial charge on any atom is 0.152 e. The van der Waals surface area contributed by atoms with E-state index in [-0.39, 0.29) is 11.9 Å². The topological polar surface area (TPSA) is 37.8 Å². The minimum atomic E-state index is -0.209. The summed E-state index contributed by atoms with van der Waals surface area (Å²) in [5.41, 5.74) is 3.94. The van der Waals surface area contributed by atoms with Gasteiger partial charge >= 0.3 is 0 Å². The molecule has 0 radical (unpaired) electrons. The third kappa shape index (κ3) is 3.08. The molecule has 0 bridgehead atoms. The molecular weight excluding hydrogens is 241 g/mol. The number of anilines is 1. The van der Waals surface area contributed by atoms with Gasteiger partial charge in [0.05, 0.1) is 11.7 Å². The first-order valence-electron chi connectivity index (χ1n) is 6.31. The highest BCUT2D eigenvalue weighted by Gasteiger charge is 2.11. The fourth-order valence-electron chi connectivity index (χ4n) is 2.17. The van der Waals surface area contributed by atoms with E-state index in [4.69, 9.17) is 0 Å². The predicted octanol–water partition coefficient (Wildman–Crippen LogP) is 3.71. The second kappa shape index (κ2) is 5.34. The highest BCUT2D eigenvalue weighted by molar-refractivity contribution is 5.45. The zero-order valence-electron chi connectivity index (χ0n) is 11.7. The molecular formula is C15H18FN3. The number of aryl methyl sites for hydroxylation is 3. The van der Waals surface area contributed by atoms with Crippen molar-refractivity contribution in [2.45, 2.75) is 33.7 Å². The third-order valence-electron chi connectivity index (χ3n) is 3.16. The minimum absolute atomic E-state index is 0.0521. The summed E-state index contributed by atoms with van der Waals surface area (Å²) in [6.45, 7) is 7.84. The lowest BCUT2D eigenvalue weighted by Gasteiger charge is -2.18. The van der Waals surface area contributed by atoms with E-state index in [1.165, 1.54) is 6.07 Å². The van der Waals surface area contributed by atoms with Gasteiger partial charge in [0.1, 0.15) is 5.82 Å². The van der Waals surface area contributed by atoms with E-state index < -0.39 is 0 Å². The molecule has 1 aromatic heterocycles. The molecule has 2 aromatic rings. The number of halogens is 1. The Morgan fingerprint density at radius 3 is 2.42 bits per heavy atom. The summed E-state index contributed by atoms with van der Waals surface area (Å²) < 4.78 is 13.1. The van der Waals surface area contributed by atoms with E-state index in [0.29, 0.717) is 0 Å². The molecule has 2 rings (SSSR count). The van der Waals surface area contributed by atoms with Crippen molar-refractivity contribution in [2.24, 2.45) is 0 Å². The van der Waals surface area contributed by atoms with Crippen LogP contribution in [-0.4, -0.2) is 10.2 Å². The molecule has 0 aliphatic carbocycles. The van der Waals surface area contributed by atoms with Crippen LogP contribution in [0.25, 0.3) is 0 Å². The van der Waals surface area contributed by atoms with E-state index in [2.05, 4.69) is 15.5 Å². The second-order valence-corrected chi connectivity index (χ2v) is 4.88. The van der Waals surface area contributed by atoms with Crippen LogP contribution in [0.2, 0.25) is 0 Å². The molecule has 4 heteroatoms. The Balaban J connectivity index is 2.23. The molecule has 19 heavy (non-hydrogen) atoms. The Bertz CT molecular complexity index is 596. The zero-order chi connectivity index (χ0) is 14.0. The SMILES string of the molecule is Cc1cc(C)c(N[C@H](C)c2ccc(F)cc2C)nn1. The molecule has 100 valence electrons. The molecule has 3 nitrogen and oxygen atoms in total. The first-order valence-corrected chi connectivity index (χ1v) is 6.31. The Hall–Kier alpha value is -1.97. The van der Waals surface area contributed by atoms with Crippen LogP contribution in [0.1, 0.15) is 35.3 Å². The summed E-state index contributed by atoms with van der Waals surface area (Å²) in [4.78, 5) is 0. The van der Waals surface area contributed by atoms with Crippen molar-refractivity contribution in [1.29, 1.82) is 0 Å². The lowest BCUT2D eigenvalue weighted by Crippen LogP contribution is -2.11. The van der Waals surface area contributed by atoms with Crippen molar-refractivity contribution in [3.8, 4) is 0 Å². The van der Waals surface area contributed by atoms with Crippen molar-refractivity contribution in [1.82, 2.24) is 10.2 Å². The first-order chi connectivity index (χ1) is 8.97. The Kier molecular flexibility index (Phi) is 3.79. The number of hydrogen-bond acceptors (Lipinski definition) is 3. The standard InChI is InChI=1S/C15H18FN3/c1-9-8-13(16)5-6-14(9)12(4)17-15-10(2)7-11(3)18-19-15/h5-8,12H,1-4H3,(H,17,19)/t12-/m1/s1. The maximum absolute atomic E-state index is 13.1. The summed E-state index contributed by atoms with van der Waals surface area (Å²) in [6, 6.07) is 6.87. The van der Waals surface area contributed by atoms with E-state index in [1.807, 2.05) is 33.8 Å². The van der Waals surface area contributed by atoms with Gasteiger partial charge in [0.25, 0.3) is 0 Å². The largest absolute Gasteiger partial charge is 0.362 e. The maximum atomic E-state index is 13.1. The van der Waals surface area contributed by atoms with Gasteiger partial charge in [-0.3, -0.25) is 0 Å². The molecule has 0 aliphatic rings. The van der Waals surface area contributed by atoms with Crippen LogP contribution in [0.5, 0.6) is 0 Å². The molecule has 0 fully saturated rings. The van der Waals surface area contributed by atoms with E-state index >= 15 is 0 Å². The highest BCUT2D eigenvalue weighted by atomic mass is 19.1. The van der Waals surface area contributed by atoms with Crippen LogP contribution in [0, 0.1) is 26.6 Å². The fourth-order valence-corrected chi connectivity index (χ4v) is 2.17. The summed E-state index contributed by atoms with van der Waals surface area (Å²) in [5, 5.41) is 11.5. The van der Waals surface area contributed by atoms with Crippen LogP contribution >= 0.6 is 0 Å². The quantitative estimate of drug-likeness (QED) is 0.913. The summed E-state index contributed by atoms with van der Waals surface area (Å²) in [6.07, 6.45) is 0. The summed E-state index contributed by atoms with van der Waals surface area (Å²) in [7, 11) is 0. The number of rotatable bonds is 3. The van der Waals surface area contributed by atoms with Crippen LogP contribution in [0.4, 0.5) is 10.2 Å². The third-order valence-corrected chi connectivity index (χ3v) is 3.16. The van der Waals surface area contributed by atoms with Gasteiger partial charge in [-0.25, -0.2) is 4.39 Å². The second-order valence-electron chi connectivity index (χ2n) is 4.88. The Morgan fingerprint density at radius 1 is 1.05 bits per heavy atom. The molecule has 0 amide bonds. The normalized spacial score (nSPS) is 12.3. The highest BCUT2D eigenvalue weighted by Crippen LogP contribution is 2.23. The summed E-state index contributed by atoms with van der Waals surface area (Å²) in [5.74, 6) is 0.557. The van der Waals surface area contributed by atoms with Gasteiger partial charge in [0, 0.05) is 0 Å².